The molecule has 1 aromatic rings. The molecule has 17 heavy (non-hydrogen) atoms. The van der Waals surface area contributed by atoms with E-state index in [9.17, 15) is 0 Å². The Balaban J connectivity index is 2.23. The Hall–Kier alpha value is -2.00. The molecule has 0 heterocycles. The highest BCUT2D eigenvalue weighted by molar-refractivity contribution is 5.34. The fraction of sp³-hybridized carbons (Fsp3) is 0.429. The molecule has 0 radical (unpaired) electrons. The van der Waals surface area contributed by atoms with Gasteiger partial charge in [-0.15, -0.1) is 0 Å². The zero-order valence-electron chi connectivity index (χ0n) is 9.92. The van der Waals surface area contributed by atoms with Gasteiger partial charge in [0, 0.05) is 5.92 Å². The normalized spacial score (nSPS) is 30.8. The summed E-state index contributed by atoms with van der Waals surface area (Å²) in [6.45, 7) is 2.04. The van der Waals surface area contributed by atoms with Crippen molar-refractivity contribution >= 4 is 0 Å². The third-order valence-electron chi connectivity index (χ3n) is 3.71. The maximum atomic E-state index is 9.11. The number of methoxy groups -OCH3 is 1. The Morgan fingerprint density at radius 3 is 2.12 bits per heavy atom. The molecule has 2 rings (SSSR count). The van der Waals surface area contributed by atoms with Crippen molar-refractivity contribution in [2.24, 2.45) is 17.8 Å². The number of hydrogen-bond donors (Lipinski definition) is 0. The highest BCUT2D eigenvalue weighted by atomic mass is 16.5. The maximum absolute atomic E-state index is 9.11. The van der Waals surface area contributed by atoms with Crippen molar-refractivity contribution in [1.82, 2.24) is 0 Å². The Bertz CT molecular complexity index is 480. The molecule has 1 fully saturated rings. The van der Waals surface area contributed by atoms with Crippen molar-refractivity contribution in [2.75, 3.05) is 7.11 Å². The molecule has 3 heteroatoms. The fourth-order valence-corrected chi connectivity index (χ4v) is 2.65. The smallest absolute Gasteiger partial charge is 0.118 e. The largest absolute Gasteiger partial charge is 0.497 e. The summed E-state index contributed by atoms with van der Waals surface area (Å²) in [7, 11) is 1.63. The van der Waals surface area contributed by atoms with Crippen LogP contribution in [0.1, 0.15) is 18.4 Å². The second kappa shape index (κ2) is 4.47. The van der Waals surface area contributed by atoms with E-state index in [1.807, 2.05) is 31.2 Å². The van der Waals surface area contributed by atoms with Crippen LogP contribution in [0.3, 0.4) is 0 Å². The SMILES string of the molecule is COc1ccc([C@@H]2[C@@H](C)[C@H](C#N)[C@@H]2C#N)cc1. The van der Waals surface area contributed by atoms with Crippen molar-refractivity contribution in [2.45, 2.75) is 12.8 Å². The standard InChI is InChI=1S/C14H14N2O/c1-9-12(7-15)13(8-16)14(9)10-3-5-11(17-2)6-4-10/h3-6,9,12-14H,1-2H3/t9-,12-,13-,14-/m0/s1. The van der Waals surface area contributed by atoms with Gasteiger partial charge in [0.15, 0.2) is 0 Å². The Kier molecular flexibility index (Phi) is 3.02. The van der Waals surface area contributed by atoms with E-state index in [2.05, 4.69) is 12.1 Å². The minimum absolute atomic E-state index is 0.132. The third-order valence-corrected chi connectivity index (χ3v) is 3.71. The van der Waals surface area contributed by atoms with Crippen LogP contribution in [-0.2, 0) is 0 Å². The van der Waals surface area contributed by atoms with Gasteiger partial charge in [-0.2, -0.15) is 10.5 Å². The van der Waals surface area contributed by atoms with Gasteiger partial charge in [-0.1, -0.05) is 19.1 Å². The molecule has 0 spiro atoms. The second-order valence-corrected chi connectivity index (χ2v) is 4.47. The van der Waals surface area contributed by atoms with E-state index in [-0.39, 0.29) is 23.7 Å². The minimum Gasteiger partial charge on any atom is -0.497 e. The van der Waals surface area contributed by atoms with Crippen LogP contribution in [0, 0.1) is 40.4 Å². The first-order valence-corrected chi connectivity index (χ1v) is 5.66. The average Bonchev–Trinajstić information content (AvgIpc) is 2.37. The summed E-state index contributed by atoms with van der Waals surface area (Å²) < 4.78 is 5.11. The molecular formula is C14H14N2O. The number of nitriles is 2. The topological polar surface area (TPSA) is 56.8 Å². The number of rotatable bonds is 2. The predicted octanol–water partition coefficient (Wildman–Crippen LogP) is 2.71. The lowest BCUT2D eigenvalue weighted by molar-refractivity contribution is 0.137. The van der Waals surface area contributed by atoms with Crippen molar-refractivity contribution in [3.05, 3.63) is 29.8 Å². The van der Waals surface area contributed by atoms with Crippen LogP contribution in [-0.4, -0.2) is 7.11 Å². The van der Waals surface area contributed by atoms with Gasteiger partial charge in [0.2, 0.25) is 0 Å². The van der Waals surface area contributed by atoms with Crippen LogP contribution in [0.15, 0.2) is 24.3 Å². The molecule has 0 N–H and O–H groups in total. The molecular weight excluding hydrogens is 212 g/mol. The van der Waals surface area contributed by atoms with E-state index in [0.29, 0.717) is 0 Å². The van der Waals surface area contributed by atoms with Crippen LogP contribution in [0.25, 0.3) is 0 Å². The highest BCUT2D eigenvalue weighted by Crippen LogP contribution is 2.51. The van der Waals surface area contributed by atoms with E-state index in [1.165, 1.54) is 0 Å². The van der Waals surface area contributed by atoms with Gasteiger partial charge in [0.05, 0.1) is 31.1 Å². The number of benzene rings is 1. The lowest BCUT2D eigenvalue weighted by Crippen LogP contribution is -2.41. The predicted molar refractivity (Wildman–Crippen MR) is 63.1 cm³/mol. The van der Waals surface area contributed by atoms with Gasteiger partial charge < -0.3 is 4.74 Å². The summed E-state index contributed by atoms with van der Waals surface area (Å²) in [5.74, 6) is 0.926. The monoisotopic (exact) mass is 226 g/mol. The molecule has 1 aliphatic carbocycles. The van der Waals surface area contributed by atoms with E-state index in [4.69, 9.17) is 15.3 Å². The summed E-state index contributed by atoms with van der Waals surface area (Å²) in [5, 5.41) is 18.1. The fourth-order valence-electron chi connectivity index (χ4n) is 2.65. The zero-order valence-corrected chi connectivity index (χ0v) is 9.92. The summed E-state index contributed by atoms with van der Waals surface area (Å²) in [6.07, 6.45) is 0. The van der Waals surface area contributed by atoms with Gasteiger partial charge >= 0.3 is 0 Å². The minimum atomic E-state index is -0.177. The number of nitrogens with zero attached hydrogens (tertiary/aromatic N) is 2. The molecule has 1 aromatic carbocycles. The molecule has 0 aromatic heterocycles. The lowest BCUT2D eigenvalue weighted by Gasteiger charge is -2.43. The summed E-state index contributed by atoms with van der Waals surface area (Å²) in [6, 6.07) is 12.2. The average molecular weight is 226 g/mol. The zero-order chi connectivity index (χ0) is 12.4. The molecule has 86 valence electrons. The third kappa shape index (κ3) is 1.74. The molecule has 1 saturated carbocycles. The van der Waals surface area contributed by atoms with E-state index >= 15 is 0 Å². The first-order valence-electron chi connectivity index (χ1n) is 5.66. The highest BCUT2D eigenvalue weighted by Gasteiger charge is 2.49. The van der Waals surface area contributed by atoms with Crippen molar-refractivity contribution in [3.8, 4) is 17.9 Å². The Labute approximate surface area is 101 Å². The lowest BCUT2D eigenvalue weighted by atomic mass is 9.56. The number of hydrogen-bond acceptors (Lipinski definition) is 3. The van der Waals surface area contributed by atoms with Gasteiger partial charge in [-0.05, 0) is 23.6 Å². The summed E-state index contributed by atoms with van der Waals surface area (Å²) in [5.41, 5.74) is 1.12. The van der Waals surface area contributed by atoms with Gasteiger partial charge in [-0.3, -0.25) is 0 Å². The van der Waals surface area contributed by atoms with E-state index in [0.717, 1.165) is 11.3 Å². The first kappa shape index (κ1) is 11.5. The van der Waals surface area contributed by atoms with Gasteiger partial charge in [0.25, 0.3) is 0 Å². The second-order valence-electron chi connectivity index (χ2n) is 4.47. The molecule has 0 aliphatic heterocycles. The molecule has 1 aliphatic rings. The van der Waals surface area contributed by atoms with Crippen molar-refractivity contribution in [3.63, 3.8) is 0 Å². The molecule has 0 unspecified atom stereocenters. The molecule has 0 bridgehead atoms. The van der Waals surface area contributed by atoms with Crippen LogP contribution in [0.4, 0.5) is 0 Å². The Morgan fingerprint density at radius 2 is 1.65 bits per heavy atom. The Morgan fingerprint density at radius 1 is 1.06 bits per heavy atom. The maximum Gasteiger partial charge on any atom is 0.118 e. The van der Waals surface area contributed by atoms with Crippen LogP contribution in [0.2, 0.25) is 0 Å². The van der Waals surface area contributed by atoms with Crippen molar-refractivity contribution in [1.29, 1.82) is 10.5 Å². The van der Waals surface area contributed by atoms with E-state index in [1.54, 1.807) is 7.11 Å². The first-order chi connectivity index (χ1) is 8.22. The van der Waals surface area contributed by atoms with Crippen LogP contribution >= 0.6 is 0 Å². The molecule has 0 amide bonds. The molecule has 0 saturated heterocycles. The van der Waals surface area contributed by atoms with Crippen LogP contribution < -0.4 is 4.74 Å². The van der Waals surface area contributed by atoms with Crippen molar-refractivity contribution < 1.29 is 4.74 Å². The summed E-state index contributed by atoms with van der Waals surface area (Å²) in [4.78, 5) is 0. The van der Waals surface area contributed by atoms with Gasteiger partial charge in [-0.25, -0.2) is 0 Å². The van der Waals surface area contributed by atoms with E-state index < -0.39 is 0 Å². The van der Waals surface area contributed by atoms with Crippen LogP contribution in [0.5, 0.6) is 5.75 Å². The van der Waals surface area contributed by atoms with Gasteiger partial charge in [0.1, 0.15) is 5.75 Å². The quantitative estimate of drug-likeness (QED) is 0.779. The molecule has 4 atom stereocenters. The number of ether oxygens (including phenoxy) is 1. The molecule has 3 nitrogen and oxygen atoms in total. The summed E-state index contributed by atoms with van der Waals surface area (Å²) >= 11 is 0.